The highest BCUT2D eigenvalue weighted by molar-refractivity contribution is 6.31. The number of carbonyl (C=O) groups is 1. The minimum absolute atomic E-state index is 0.0507. The number of hydrogen-bond donors (Lipinski definition) is 2. The van der Waals surface area contributed by atoms with Crippen molar-refractivity contribution < 1.29 is 9.18 Å². The highest BCUT2D eigenvalue weighted by Crippen LogP contribution is 2.20. The number of nitrogens with zero attached hydrogens (tertiary/aromatic N) is 3. The smallest absolute Gasteiger partial charge is 0.255 e. The Balaban J connectivity index is 1.76. The van der Waals surface area contributed by atoms with Crippen LogP contribution in [-0.4, -0.2) is 26.5 Å². The molecular weight excluding hydrogens is 309 g/mol. The molecule has 3 rings (SSSR count). The molecule has 0 bridgehead atoms. The fourth-order valence-corrected chi connectivity index (χ4v) is 2.01. The molecule has 0 aliphatic heterocycles. The third kappa shape index (κ3) is 2.94. The molecule has 0 atom stereocenters. The zero-order valence-corrected chi connectivity index (χ0v) is 11.8. The molecule has 2 aromatic carbocycles. The van der Waals surface area contributed by atoms with Crippen LogP contribution in [0.1, 0.15) is 10.4 Å². The van der Waals surface area contributed by atoms with E-state index in [0.717, 1.165) is 5.56 Å². The molecular formula is C14H9ClFN5O. The SMILES string of the molecule is O=C(Nc1ccc(F)c(Cl)c1)c1ccc(-c2nn[nH]n2)cc1. The van der Waals surface area contributed by atoms with Crippen LogP contribution >= 0.6 is 11.6 Å². The van der Waals surface area contributed by atoms with Crippen LogP contribution in [0, 0.1) is 5.82 Å². The van der Waals surface area contributed by atoms with Crippen molar-refractivity contribution in [2.45, 2.75) is 0 Å². The van der Waals surface area contributed by atoms with Crippen LogP contribution in [0.4, 0.5) is 10.1 Å². The fraction of sp³-hybridized carbons (Fsp3) is 0. The summed E-state index contributed by atoms with van der Waals surface area (Å²) in [4.78, 5) is 12.1. The minimum atomic E-state index is -0.538. The predicted molar refractivity (Wildman–Crippen MR) is 79.0 cm³/mol. The van der Waals surface area contributed by atoms with E-state index in [1.165, 1.54) is 18.2 Å². The van der Waals surface area contributed by atoms with Crippen LogP contribution in [0.5, 0.6) is 0 Å². The summed E-state index contributed by atoms with van der Waals surface area (Å²) in [5, 5.41) is 16.1. The number of rotatable bonds is 3. The molecule has 22 heavy (non-hydrogen) atoms. The molecule has 0 fully saturated rings. The summed E-state index contributed by atoms with van der Waals surface area (Å²) in [6.45, 7) is 0. The quantitative estimate of drug-likeness (QED) is 0.778. The lowest BCUT2D eigenvalue weighted by atomic mass is 10.1. The number of carbonyl (C=O) groups excluding carboxylic acids is 1. The second kappa shape index (κ2) is 5.90. The molecule has 8 heteroatoms. The molecule has 0 unspecified atom stereocenters. The van der Waals surface area contributed by atoms with Crippen molar-refractivity contribution in [3.8, 4) is 11.4 Å². The molecule has 1 heterocycles. The number of hydrogen-bond acceptors (Lipinski definition) is 4. The van der Waals surface area contributed by atoms with Crippen molar-refractivity contribution in [3.05, 3.63) is 58.9 Å². The van der Waals surface area contributed by atoms with E-state index in [2.05, 4.69) is 25.9 Å². The average molecular weight is 318 g/mol. The summed E-state index contributed by atoms with van der Waals surface area (Å²) in [7, 11) is 0. The second-order valence-electron chi connectivity index (χ2n) is 4.40. The van der Waals surface area contributed by atoms with Crippen LogP contribution in [0.25, 0.3) is 11.4 Å². The number of aromatic nitrogens is 4. The zero-order valence-electron chi connectivity index (χ0n) is 11.0. The topological polar surface area (TPSA) is 83.6 Å². The van der Waals surface area contributed by atoms with Crippen LogP contribution in [0.3, 0.4) is 0 Å². The molecule has 3 aromatic rings. The number of nitrogens with one attached hydrogen (secondary N) is 2. The van der Waals surface area contributed by atoms with Crippen molar-refractivity contribution in [2.75, 3.05) is 5.32 Å². The molecule has 2 N–H and O–H groups in total. The Morgan fingerprint density at radius 2 is 1.95 bits per heavy atom. The van der Waals surface area contributed by atoms with Crippen molar-refractivity contribution in [1.82, 2.24) is 20.6 Å². The summed E-state index contributed by atoms with van der Waals surface area (Å²) in [6, 6.07) is 10.7. The van der Waals surface area contributed by atoms with Crippen molar-refractivity contribution in [2.24, 2.45) is 0 Å². The summed E-state index contributed by atoms with van der Waals surface area (Å²) < 4.78 is 13.1. The molecule has 0 saturated carbocycles. The first kappa shape index (κ1) is 14.2. The van der Waals surface area contributed by atoms with E-state index in [4.69, 9.17) is 11.6 Å². The van der Waals surface area contributed by atoms with Gasteiger partial charge in [0.2, 0.25) is 5.82 Å². The highest BCUT2D eigenvalue weighted by Gasteiger charge is 2.09. The monoisotopic (exact) mass is 317 g/mol. The molecule has 6 nitrogen and oxygen atoms in total. The number of tetrazole rings is 1. The van der Waals surface area contributed by atoms with Gasteiger partial charge < -0.3 is 5.32 Å². The maximum Gasteiger partial charge on any atom is 0.255 e. The van der Waals surface area contributed by atoms with Gasteiger partial charge in [0.1, 0.15) is 5.82 Å². The summed E-state index contributed by atoms with van der Waals surface area (Å²) in [5.74, 6) is -0.427. The van der Waals surface area contributed by atoms with Crippen LogP contribution in [0.15, 0.2) is 42.5 Å². The number of aromatic amines is 1. The molecule has 1 amide bonds. The fourth-order valence-electron chi connectivity index (χ4n) is 1.83. The van der Waals surface area contributed by atoms with Crippen molar-refractivity contribution in [1.29, 1.82) is 0 Å². The van der Waals surface area contributed by atoms with E-state index >= 15 is 0 Å². The first-order valence-electron chi connectivity index (χ1n) is 6.24. The molecule has 0 aliphatic carbocycles. The molecule has 0 spiro atoms. The van der Waals surface area contributed by atoms with Gasteiger partial charge in [-0.1, -0.05) is 23.7 Å². The van der Waals surface area contributed by atoms with Crippen molar-refractivity contribution in [3.63, 3.8) is 0 Å². The van der Waals surface area contributed by atoms with Gasteiger partial charge >= 0.3 is 0 Å². The molecule has 0 saturated heterocycles. The lowest BCUT2D eigenvalue weighted by Crippen LogP contribution is -2.11. The van der Waals surface area contributed by atoms with Gasteiger partial charge in [0, 0.05) is 16.8 Å². The standard InChI is InChI=1S/C14H9ClFN5O/c15-11-7-10(5-6-12(11)16)17-14(22)9-3-1-8(2-4-9)13-18-20-21-19-13/h1-7H,(H,17,22)(H,18,19,20,21). The number of anilines is 1. The van der Waals surface area contributed by atoms with Gasteiger partial charge in [-0.2, -0.15) is 5.21 Å². The van der Waals surface area contributed by atoms with Gasteiger partial charge in [0.05, 0.1) is 5.02 Å². The third-order valence-corrected chi connectivity index (χ3v) is 3.22. The Morgan fingerprint density at radius 1 is 1.18 bits per heavy atom. The highest BCUT2D eigenvalue weighted by atomic mass is 35.5. The van der Waals surface area contributed by atoms with Crippen molar-refractivity contribution >= 4 is 23.2 Å². The maximum absolute atomic E-state index is 13.1. The summed E-state index contributed by atoms with van der Waals surface area (Å²) >= 11 is 5.67. The molecule has 0 aliphatic rings. The van der Waals surface area contributed by atoms with E-state index < -0.39 is 5.82 Å². The number of amides is 1. The number of halogens is 2. The summed E-state index contributed by atoms with van der Waals surface area (Å²) in [5.41, 5.74) is 1.58. The lowest BCUT2D eigenvalue weighted by molar-refractivity contribution is 0.102. The van der Waals surface area contributed by atoms with Gasteiger partial charge in [-0.25, -0.2) is 4.39 Å². The Bertz CT molecular complexity index is 805. The predicted octanol–water partition coefficient (Wildman–Crippen LogP) is 2.91. The maximum atomic E-state index is 13.1. The van der Waals surface area contributed by atoms with Crippen LogP contribution < -0.4 is 5.32 Å². The van der Waals surface area contributed by atoms with E-state index in [1.54, 1.807) is 24.3 Å². The van der Waals surface area contributed by atoms with Gasteiger partial charge in [0.25, 0.3) is 5.91 Å². The van der Waals surface area contributed by atoms with Gasteiger partial charge in [-0.3, -0.25) is 4.79 Å². The normalized spacial score (nSPS) is 10.5. The zero-order chi connectivity index (χ0) is 15.5. The van der Waals surface area contributed by atoms with E-state index in [-0.39, 0.29) is 10.9 Å². The first-order valence-corrected chi connectivity index (χ1v) is 6.61. The minimum Gasteiger partial charge on any atom is -0.322 e. The summed E-state index contributed by atoms with van der Waals surface area (Å²) in [6.07, 6.45) is 0. The van der Waals surface area contributed by atoms with Gasteiger partial charge in [-0.05, 0) is 35.5 Å². The lowest BCUT2D eigenvalue weighted by Gasteiger charge is -2.06. The third-order valence-electron chi connectivity index (χ3n) is 2.93. The molecule has 0 radical (unpaired) electrons. The van der Waals surface area contributed by atoms with Crippen LogP contribution in [0.2, 0.25) is 5.02 Å². The second-order valence-corrected chi connectivity index (χ2v) is 4.80. The van der Waals surface area contributed by atoms with Crippen LogP contribution in [-0.2, 0) is 0 Å². The molecule has 1 aromatic heterocycles. The Kier molecular flexibility index (Phi) is 3.80. The molecule has 110 valence electrons. The van der Waals surface area contributed by atoms with E-state index in [1.807, 2.05) is 0 Å². The van der Waals surface area contributed by atoms with E-state index in [9.17, 15) is 9.18 Å². The van der Waals surface area contributed by atoms with Gasteiger partial charge in [-0.15, -0.1) is 10.2 Å². The Labute approximate surface area is 129 Å². The number of benzene rings is 2. The largest absolute Gasteiger partial charge is 0.322 e. The first-order chi connectivity index (χ1) is 10.6. The average Bonchev–Trinajstić information content (AvgIpc) is 3.05. The van der Waals surface area contributed by atoms with E-state index in [0.29, 0.717) is 17.1 Å². The Morgan fingerprint density at radius 3 is 2.59 bits per heavy atom. The van der Waals surface area contributed by atoms with Gasteiger partial charge in [0.15, 0.2) is 0 Å². The number of H-pyrrole nitrogens is 1. The Hall–Kier alpha value is -2.80.